The molecule has 2 amide bonds. The molecule has 1 aromatic carbocycles. The monoisotopic (exact) mass is 483 g/mol. The number of hydrogen-bond acceptors (Lipinski definition) is 5. The predicted octanol–water partition coefficient (Wildman–Crippen LogP) is 3.77. The first-order valence-electron chi connectivity index (χ1n) is 10.1. The van der Waals surface area contributed by atoms with Crippen LogP contribution in [0.25, 0.3) is 0 Å². The molecular formula is C21H26ClN3O4S2. The number of sulfonamides is 1. The van der Waals surface area contributed by atoms with Crippen LogP contribution in [-0.2, 0) is 22.9 Å². The highest BCUT2D eigenvalue weighted by atomic mass is 35.5. The molecule has 168 valence electrons. The van der Waals surface area contributed by atoms with Gasteiger partial charge in [-0.15, -0.1) is 11.3 Å². The average molecular weight is 484 g/mol. The lowest BCUT2D eigenvalue weighted by molar-refractivity contribution is 0.0849. The van der Waals surface area contributed by atoms with Crippen LogP contribution in [0.2, 0.25) is 5.02 Å². The van der Waals surface area contributed by atoms with E-state index in [0.717, 1.165) is 25.7 Å². The molecule has 0 radical (unpaired) electrons. The summed E-state index contributed by atoms with van der Waals surface area (Å²) in [4.78, 5) is 26.8. The van der Waals surface area contributed by atoms with Gasteiger partial charge in [0.15, 0.2) is 0 Å². The molecule has 0 saturated carbocycles. The summed E-state index contributed by atoms with van der Waals surface area (Å²) in [5.41, 5.74) is 5.90. The molecule has 1 aliphatic carbocycles. The van der Waals surface area contributed by atoms with Gasteiger partial charge in [-0.1, -0.05) is 18.0 Å². The fourth-order valence-corrected chi connectivity index (χ4v) is 6.05. The first kappa shape index (κ1) is 23.7. The predicted molar refractivity (Wildman–Crippen MR) is 122 cm³/mol. The molecule has 0 saturated heterocycles. The molecule has 0 spiro atoms. The Morgan fingerprint density at radius 3 is 2.45 bits per heavy atom. The zero-order valence-corrected chi connectivity index (χ0v) is 20.1. The number of carbonyl (C=O) groups excluding carboxylic acids is 2. The third kappa shape index (κ3) is 5.28. The first-order valence-corrected chi connectivity index (χ1v) is 12.7. The van der Waals surface area contributed by atoms with Crippen molar-refractivity contribution in [3.8, 4) is 0 Å². The maximum absolute atomic E-state index is 12.7. The molecule has 2 aromatic rings. The van der Waals surface area contributed by atoms with E-state index in [-0.39, 0.29) is 21.5 Å². The number of hydrogen-bond donors (Lipinski definition) is 2. The van der Waals surface area contributed by atoms with Crippen molar-refractivity contribution in [1.82, 2.24) is 15.2 Å². The summed E-state index contributed by atoms with van der Waals surface area (Å²) in [5, 5.41) is 0.0840. The third-order valence-corrected chi connectivity index (χ3v) is 8.94. The Balaban J connectivity index is 1.73. The molecule has 3 rings (SSSR count). The van der Waals surface area contributed by atoms with E-state index in [1.54, 1.807) is 13.8 Å². The van der Waals surface area contributed by atoms with Gasteiger partial charge in [-0.3, -0.25) is 20.4 Å². The standard InChI is InChI=1S/C21H26ClN3O4S2/c1-13(2)25(3)31(28,29)15-9-10-17(22)16(12-15)20(26)23-24-21(27)19-11-14-7-5-4-6-8-18(14)30-19/h9-13H,4-8H2,1-3H3,(H,23,26)(H,24,27). The van der Waals surface area contributed by atoms with Crippen molar-refractivity contribution in [2.75, 3.05) is 7.05 Å². The Kier molecular flexibility index (Phi) is 7.41. The van der Waals surface area contributed by atoms with Gasteiger partial charge in [-0.25, -0.2) is 8.42 Å². The van der Waals surface area contributed by atoms with E-state index in [0.29, 0.717) is 4.88 Å². The van der Waals surface area contributed by atoms with Gasteiger partial charge >= 0.3 is 0 Å². The number of amides is 2. The van der Waals surface area contributed by atoms with Gasteiger partial charge < -0.3 is 0 Å². The van der Waals surface area contributed by atoms with Crippen molar-refractivity contribution < 1.29 is 18.0 Å². The molecule has 0 unspecified atom stereocenters. The van der Waals surface area contributed by atoms with Gasteiger partial charge in [0.1, 0.15) is 0 Å². The second-order valence-electron chi connectivity index (χ2n) is 7.78. The van der Waals surface area contributed by atoms with E-state index in [4.69, 9.17) is 11.6 Å². The highest BCUT2D eigenvalue weighted by Gasteiger charge is 2.25. The summed E-state index contributed by atoms with van der Waals surface area (Å²) in [6.07, 6.45) is 5.37. The van der Waals surface area contributed by atoms with Crippen molar-refractivity contribution in [1.29, 1.82) is 0 Å². The van der Waals surface area contributed by atoms with Gasteiger partial charge in [-0.2, -0.15) is 4.31 Å². The molecule has 0 aliphatic heterocycles. The summed E-state index contributed by atoms with van der Waals surface area (Å²) in [6, 6.07) is 5.55. The Labute approximate surface area is 191 Å². The molecule has 31 heavy (non-hydrogen) atoms. The zero-order valence-electron chi connectivity index (χ0n) is 17.7. The molecule has 1 aliphatic rings. The molecule has 7 nitrogen and oxygen atoms in total. The lowest BCUT2D eigenvalue weighted by Gasteiger charge is -2.21. The van der Waals surface area contributed by atoms with Gasteiger partial charge in [0.25, 0.3) is 11.8 Å². The van der Waals surface area contributed by atoms with E-state index < -0.39 is 21.8 Å². The number of nitrogens with one attached hydrogen (secondary N) is 2. The summed E-state index contributed by atoms with van der Waals surface area (Å²) in [6.45, 7) is 3.50. The second kappa shape index (κ2) is 9.68. The minimum Gasteiger partial charge on any atom is -0.267 e. The van der Waals surface area contributed by atoms with Crippen LogP contribution >= 0.6 is 22.9 Å². The number of aryl methyl sites for hydroxylation is 2. The number of benzene rings is 1. The lowest BCUT2D eigenvalue weighted by Crippen LogP contribution is -2.41. The van der Waals surface area contributed by atoms with E-state index in [9.17, 15) is 18.0 Å². The number of thiophene rings is 1. The van der Waals surface area contributed by atoms with Crippen LogP contribution in [-0.4, -0.2) is 37.6 Å². The number of halogens is 1. The summed E-state index contributed by atoms with van der Waals surface area (Å²) in [5.74, 6) is -1.11. The number of hydrazine groups is 1. The van der Waals surface area contributed by atoms with E-state index in [2.05, 4.69) is 10.9 Å². The molecular weight excluding hydrogens is 458 g/mol. The average Bonchev–Trinajstić information content (AvgIpc) is 3.01. The fourth-order valence-electron chi connectivity index (χ4n) is 3.30. The van der Waals surface area contributed by atoms with Crippen LogP contribution in [0.4, 0.5) is 0 Å². The largest absolute Gasteiger partial charge is 0.279 e. The third-order valence-electron chi connectivity index (χ3n) is 5.35. The van der Waals surface area contributed by atoms with Crippen molar-refractivity contribution in [2.45, 2.75) is 56.9 Å². The quantitative estimate of drug-likeness (QED) is 0.499. The Bertz CT molecular complexity index is 1070. The minimum atomic E-state index is -3.78. The van der Waals surface area contributed by atoms with Crippen LogP contribution in [0.1, 0.15) is 63.6 Å². The maximum Gasteiger partial charge on any atom is 0.279 e. The Morgan fingerprint density at radius 1 is 1.06 bits per heavy atom. The number of fused-ring (bicyclic) bond motifs is 1. The van der Waals surface area contributed by atoms with Crippen molar-refractivity contribution in [3.63, 3.8) is 0 Å². The van der Waals surface area contributed by atoms with Crippen molar-refractivity contribution >= 4 is 44.8 Å². The van der Waals surface area contributed by atoms with Crippen molar-refractivity contribution in [2.24, 2.45) is 0 Å². The Hall–Kier alpha value is -1.94. The van der Waals surface area contributed by atoms with Gasteiger partial charge in [0.05, 0.1) is 20.4 Å². The summed E-state index contributed by atoms with van der Waals surface area (Å²) < 4.78 is 26.6. The molecule has 0 fully saturated rings. The topological polar surface area (TPSA) is 95.6 Å². The van der Waals surface area contributed by atoms with Gasteiger partial charge in [0, 0.05) is 18.0 Å². The Morgan fingerprint density at radius 2 is 1.74 bits per heavy atom. The van der Waals surface area contributed by atoms with Crippen LogP contribution in [0.3, 0.4) is 0 Å². The number of carbonyl (C=O) groups is 2. The fraction of sp³-hybridized carbons (Fsp3) is 0.429. The number of rotatable bonds is 5. The molecule has 0 bridgehead atoms. The second-order valence-corrected chi connectivity index (χ2v) is 11.3. The highest BCUT2D eigenvalue weighted by Crippen LogP contribution is 2.29. The van der Waals surface area contributed by atoms with Crippen LogP contribution in [0, 0.1) is 0 Å². The van der Waals surface area contributed by atoms with Crippen LogP contribution in [0.15, 0.2) is 29.2 Å². The molecule has 10 heteroatoms. The van der Waals surface area contributed by atoms with Gasteiger partial charge in [-0.05, 0) is 69.4 Å². The smallest absolute Gasteiger partial charge is 0.267 e. The van der Waals surface area contributed by atoms with Gasteiger partial charge in [0.2, 0.25) is 10.0 Å². The first-order chi connectivity index (χ1) is 14.6. The zero-order chi connectivity index (χ0) is 22.8. The summed E-state index contributed by atoms with van der Waals surface area (Å²) in [7, 11) is -2.31. The van der Waals surface area contributed by atoms with Crippen LogP contribution < -0.4 is 10.9 Å². The van der Waals surface area contributed by atoms with E-state index in [1.807, 2.05) is 6.07 Å². The maximum atomic E-state index is 12.7. The van der Waals surface area contributed by atoms with Crippen molar-refractivity contribution in [3.05, 3.63) is 50.2 Å². The van der Waals surface area contributed by atoms with E-state index >= 15 is 0 Å². The minimum absolute atomic E-state index is 0.0397. The normalized spacial score (nSPS) is 14.3. The lowest BCUT2D eigenvalue weighted by atomic mass is 10.1. The molecule has 2 N–H and O–H groups in total. The molecule has 1 heterocycles. The highest BCUT2D eigenvalue weighted by molar-refractivity contribution is 7.89. The SMILES string of the molecule is CC(C)N(C)S(=O)(=O)c1ccc(Cl)c(C(=O)NNC(=O)c2cc3c(s2)CCCCC3)c1. The molecule has 0 atom stereocenters. The summed E-state index contributed by atoms with van der Waals surface area (Å²) >= 11 is 7.56. The molecule has 1 aromatic heterocycles. The van der Waals surface area contributed by atoms with E-state index in [1.165, 1.54) is 57.8 Å². The number of nitrogens with zero attached hydrogens (tertiary/aromatic N) is 1. The van der Waals surface area contributed by atoms with Crippen LogP contribution in [0.5, 0.6) is 0 Å².